The Kier molecular flexibility index (Phi) is 4.05. The minimum absolute atomic E-state index is 0.00946. The van der Waals surface area contributed by atoms with E-state index in [-0.39, 0.29) is 11.8 Å². The molecule has 2 aromatic carbocycles. The number of hydrogen-bond acceptors (Lipinski definition) is 1. The van der Waals surface area contributed by atoms with Crippen molar-refractivity contribution < 1.29 is 4.79 Å². The van der Waals surface area contributed by atoms with E-state index in [4.69, 9.17) is 0 Å². The summed E-state index contributed by atoms with van der Waals surface area (Å²) in [5, 5.41) is 3.12. The maximum Gasteiger partial charge on any atom is 0.228 e. The summed E-state index contributed by atoms with van der Waals surface area (Å²) >= 11 is 0. The van der Waals surface area contributed by atoms with Gasteiger partial charge in [0.15, 0.2) is 0 Å². The summed E-state index contributed by atoms with van der Waals surface area (Å²) in [5.41, 5.74) is 3.55. The van der Waals surface area contributed by atoms with E-state index in [1.54, 1.807) is 0 Å². The molecule has 0 heterocycles. The lowest BCUT2D eigenvalue weighted by molar-refractivity contribution is -0.123. The number of nitrogens with one attached hydrogen (secondary N) is 1. The Hall–Kier alpha value is -2.09. The molecular weight excluding hydrogens is 258 g/mol. The van der Waals surface area contributed by atoms with E-state index in [1.165, 1.54) is 11.1 Å². The van der Waals surface area contributed by atoms with E-state index in [9.17, 15) is 4.79 Å². The number of rotatable bonds is 5. The number of carbonyl (C=O) groups excluding carboxylic acids is 1. The van der Waals surface area contributed by atoms with Gasteiger partial charge in [-0.05, 0) is 42.4 Å². The molecule has 1 amide bonds. The van der Waals surface area contributed by atoms with E-state index < -0.39 is 0 Å². The third-order valence-electron chi connectivity index (χ3n) is 4.25. The van der Waals surface area contributed by atoms with Gasteiger partial charge in [0.05, 0.1) is 5.92 Å². The first-order chi connectivity index (χ1) is 10.3. The SMILES string of the molecule is Cc1ccccc1CNC(=O)C(c1ccccc1)C1CC1. The number of amides is 1. The third kappa shape index (κ3) is 3.33. The van der Waals surface area contributed by atoms with Crippen LogP contribution in [0.4, 0.5) is 0 Å². The maximum absolute atomic E-state index is 12.6. The lowest BCUT2D eigenvalue weighted by Gasteiger charge is -2.17. The van der Waals surface area contributed by atoms with Crippen LogP contribution in [0.2, 0.25) is 0 Å². The average molecular weight is 279 g/mol. The van der Waals surface area contributed by atoms with Crippen LogP contribution in [0.25, 0.3) is 0 Å². The molecule has 2 nitrogen and oxygen atoms in total. The van der Waals surface area contributed by atoms with Gasteiger partial charge in [0.2, 0.25) is 5.91 Å². The normalized spacial score (nSPS) is 15.5. The topological polar surface area (TPSA) is 29.1 Å². The van der Waals surface area contributed by atoms with Crippen molar-refractivity contribution in [1.29, 1.82) is 0 Å². The fraction of sp³-hybridized carbons (Fsp3) is 0.316. The second-order valence-corrected chi connectivity index (χ2v) is 5.87. The second kappa shape index (κ2) is 6.13. The summed E-state index contributed by atoms with van der Waals surface area (Å²) in [5.74, 6) is 0.687. The van der Waals surface area contributed by atoms with Crippen LogP contribution in [-0.2, 0) is 11.3 Å². The van der Waals surface area contributed by atoms with Crippen LogP contribution in [0.15, 0.2) is 54.6 Å². The number of carbonyl (C=O) groups is 1. The highest BCUT2D eigenvalue weighted by Gasteiger charge is 2.36. The highest BCUT2D eigenvalue weighted by molar-refractivity contribution is 5.84. The van der Waals surface area contributed by atoms with Gasteiger partial charge in [-0.1, -0.05) is 54.6 Å². The van der Waals surface area contributed by atoms with E-state index in [2.05, 4.69) is 36.5 Å². The standard InChI is InChI=1S/C19H21NO/c1-14-7-5-6-10-17(14)13-20-19(21)18(16-11-12-16)15-8-3-2-4-9-15/h2-10,16,18H,11-13H2,1H3,(H,20,21). The predicted molar refractivity (Wildman–Crippen MR) is 84.9 cm³/mol. The summed E-state index contributed by atoms with van der Waals surface area (Å²) in [7, 11) is 0. The molecule has 1 fully saturated rings. The van der Waals surface area contributed by atoms with Gasteiger partial charge in [-0.15, -0.1) is 0 Å². The Balaban J connectivity index is 1.70. The molecule has 1 atom stereocenters. The van der Waals surface area contributed by atoms with Crippen LogP contribution < -0.4 is 5.32 Å². The molecule has 0 bridgehead atoms. The van der Waals surface area contributed by atoms with Crippen LogP contribution in [0.5, 0.6) is 0 Å². The lowest BCUT2D eigenvalue weighted by atomic mass is 9.93. The Morgan fingerprint density at radius 2 is 1.76 bits per heavy atom. The van der Waals surface area contributed by atoms with Gasteiger partial charge in [-0.3, -0.25) is 4.79 Å². The van der Waals surface area contributed by atoms with Crippen molar-refractivity contribution >= 4 is 5.91 Å². The minimum atomic E-state index is 0.00946. The highest BCUT2D eigenvalue weighted by Crippen LogP contribution is 2.42. The van der Waals surface area contributed by atoms with E-state index >= 15 is 0 Å². The fourth-order valence-electron chi connectivity index (χ4n) is 2.83. The van der Waals surface area contributed by atoms with Crippen LogP contribution in [0.3, 0.4) is 0 Å². The van der Waals surface area contributed by atoms with Gasteiger partial charge < -0.3 is 5.32 Å². The Morgan fingerprint density at radius 3 is 2.43 bits per heavy atom. The summed E-state index contributed by atoms with van der Waals surface area (Å²) in [6.07, 6.45) is 2.33. The molecule has 1 aliphatic rings. The average Bonchev–Trinajstić information content (AvgIpc) is 3.32. The molecular formula is C19H21NO. The molecule has 0 aliphatic heterocycles. The molecule has 3 rings (SSSR count). The zero-order valence-electron chi connectivity index (χ0n) is 12.4. The molecule has 21 heavy (non-hydrogen) atoms. The largest absolute Gasteiger partial charge is 0.351 e. The van der Waals surface area contributed by atoms with Crippen LogP contribution in [0.1, 0.15) is 35.4 Å². The van der Waals surface area contributed by atoms with Crippen LogP contribution in [-0.4, -0.2) is 5.91 Å². The number of aryl methyl sites for hydroxylation is 1. The van der Waals surface area contributed by atoms with Gasteiger partial charge in [0.1, 0.15) is 0 Å². The Labute approximate surface area is 126 Å². The second-order valence-electron chi connectivity index (χ2n) is 5.87. The van der Waals surface area contributed by atoms with Crippen molar-refractivity contribution in [1.82, 2.24) is 5.32 Å². The molecule has 108 valence electrons. The maximum atomic E-state index is 12.6. The van der Waals surface area contributed by atoms with Gasteiger partial charge >= 0.3 is 0 Å². The zero-order chi connectivity index (χ0) is 14.7. The van der Waals surface area contributed by atoms with Gasteiger partial charge in [0.25, 0.3) is 0 Å². The Bertz CT molecular complexity index is 616. The molecule has 1 N–H and O–H groups in total. The highest BCUT2D eigenvalue weighted by atomic mass is 16.1. The zero-order valence-corrected chi connectivity index (χ0v) is 12.4. The monoisotopic (exact) mass is 279 g/mol. The van der Waals surface area contributed by atoms with E-state index in [0.717, 1.165) is 18.4 Å². The summed E-state index contributed by atoms with van der Waals surface area (Å²) < 4.78 is 0. The molecule has 2 heteroatoms. The van der Waals surface area contributed by atoms with Crippen molar-refractivity contribution in [3.05, 3.63) is 71.3 Å². The first kappa shape index (κ1) is 13.9. The predicted octanol–water partition coefficient (Wildman–Crippen LogP) is 3.81. The lowest BCUT2D eigenvalue weighted by Crippen LogP contribution is -2.30. The third-order valence-corrected chi connectivity index (χ3v) is 4.25. The molecule has 1 aliphatic carbocycles. The van der Waals surface area contributed by atoms with Crippen molar-refractivity contribution in [3.63, 3.8) is 0 Å². The van der Waals surface area contributed by atoms with Crippen molar-refractivity contribution in [2.45, 2.75) is 32.2 Å². The minimum Gasteiger partial charge on any atom is -0.351 e. The van der Waals surface area contributed by atoms with E-state index in [0.29, 0.717) is 12.5 Å². The first-order valence-electron chi connectivity index (χ1n) is 7.63. The number of hydrogen-bond donors (Lipinski definition) is 1. The van der Waals surface area contributed by atoms with E-state index in [1.807, 2.05) is 30.3 Å². The van der Waals surface area contributed by atoms with Crippen molar-refractivity contribution in [2.24, 2.45) is 5.92 Å². The molecule has 0 aromatic heterocycles. The first-order valence-corrected chi connectivity index (χ1v) is 7.63. The van der Waals surface area contributed by atoms with Gasteiger partial charge in [-0.2, -0.15) is 0 Å². The Morgan fingerprint density at radius 1 is 1.10 bits per heavy atom. The summed E-state index contributed by atoms with van der Waals surface area (Å²) in [4.78, 5) is 12.6. The molecule has 0 spiro atoms. The van der Waals surface area contributed by atoms with Crippen molar-refractivity contribution in [3.8, 4) is 0 Å². The van der Waals surface area contributed by atoms with Crippen LogP contribution in [0, 0.1) is 12.8 Å². The fourth-order valence-corrected chi connectivity index (χ4v) is 2.83. The molecule has 1 saturated carbocycles. The summed E-state index contributed by atoms with van der Waals surface area (Å²) in [6.45, 7) is 2.69. The quantitative estimate of drug-likeness (QED) is 0.886. The molecule has 2 aromatic rings. The summed E-state index contributed by atoms with van der Waals surface area (Å²) in [6, 6.07) is 18.4. The molecule has 0 radical (unpaired) electrons. The van der Waals surface area contributed by atoms with Gasteiger partial charge in [-0.25, -0.2) is 0 Å². The molecule has 0 saturated heterocycles. The smallest absolute Gasteiger partial charge is 0.228 e. The van der Waals surface area contributed by atoms with Crippen molar-refractivity contribution in [2.75, 3.05) is 0 Å². The van der Waals surface area contributed by atoms with Gasteiger partial charge in [0, 0.05) is 6.54 Å². The number of benzene rings is 2. The van der Waals surface area contributed by atoms with Crippen LogP contribution >= 0.6 is 0 Å². The molecule has 1 unspecified atom stereocenters.